The number of carbonyl (C=O) groups is 2. The van der Waals surface area contributed by atoms with E-state index in [1.54, 1.807) is 24.3 Å². The highest BCUT2D eigenvalue weighted by atomic mass is 35.5. The highest BCUT2D eigenvalue weighted by molar-refractivity contribution is 7.22. The normalized spacial score (nSPS) is 14.0. The second-order valence-corrected chi connectivity index (χ2v) is 9.23. The molecule has 1 saturated carbocycles. The molecule has 0 aliphatic heterocycles. The van der Waals surface area contributed by atoms with Gasteiger partial charge < -0.3 is 25.4 Å². The molecular weight excluding hydrogens is 464 g/mol. The fourth-order valence-corrected chi connectivity index (χ4v) is 4.96. The molecule has 0 unspecified atom stereocenters. The van der Waals surface area contributed by atoms with E-state index in [0.29, 0.717) is 38.5 Å². The minimum Gasteiger partial charge on any atom is -0.495 e. The Morgan fingerprint density at radius 3 is 2.48 bits per heavy atom. The minimum atomic E-state index is -0.463. The maximum Gasteiger partial charge on any atom is 0.323 e. The second-order valence-electron chi connectivity index (χ2n) is 7.79. The second kappa shape index (κ2) is 10.3. The molecular formula is C23H25ClN4O4S. The molecule has 1 aliphatic carbocycles. The lowest BCUT2D eigenvalue weighted by Gasteiger charge is -2.19. The van der Waals surface area contributed by atoms with Crippen LogP contribution in [-0.4, -0.2) is 31.1 Å². The summed E-state index contributed by atoms with van der Waals surface area (Å²) in [5, 5.41) is 9.38. The zero-order valence-electron chi connectivity index (χ0n) is 18.4. The van der Waals surface area contributed by atoms with E-state index in [0.717, 1.165) is 30.4 Å². The summed E-state index contributed by atoms with van der Waals surface area (Å²) >= 11 is 7.58. The summed E-state index contributed by atoms with van der Waals surface area (Å²) < 4.78 is 11.4. The lowest BCUT2D eigenvalue weighted by Crippen LogP contribution is -2.24. The van der Waals surface area contributed by atoms with Gasteiger partial charge in [-0.1, -0.05) is 42.2 Å². The van der Waals surface area contributed by atoms with Crippen molar-refractivity contribution in [3.05, 3.63) is 35.4 Å². The number of methoxy groups -OCH3 is 2. The summed E-state index contributed by atoms with van der Waals surface area (Å²) in [7, 11) is 2.99. The van der Waals surface area contributed by atoms with E-state index in [-0.39, 0.29) is 11.8 Å². The van der Waals surface area contributed by atoms with Gasteiger partial charge in [-0.2, -0.15) is 0 Å². The van der Waals surface area contributed by atoms with Crippen LogP contribution in [0.1, 0.15) is 32.1 Å². The van der Waals surface area contributed by atoms with Crippen LogP contribution in [0.2, 0.25) is 5.02 Å². The molecule has 0 saturated heterocycles. The molecule has 10 heteroatoms. The molecule has 1 fully saturated rings. The number of thiazole rings is 1. The zero-order chi connectivity index (χ0) is 23.4. The third-order valence-corrected chi connectivity index (χ3v) is 6.82. The molecule has 2 aromatic carbocycles. The van der Waals surface area contributed by atoms with E-state index in [9.17, 15) is 9.59 Å². The van der Waals surface area contributed by atoms with Gasteiger partial charge in [0, 0.05) is 17.7 Å². The van der Waals surface area contributed by atoms with Gasteiger partial charge in [-0.15, -0.1) is 0 Å². The predicted octanol–water partition coefficient (Wildman–Crippen LogP) is 6.13. The number of rotatable bonds is 6. The molecule has 0 radical (unpaired) electrons. The largest absolute Gasteiger partial charge is 0.495 e. The van der Waals surface area contributed by atoms with Gasteiger partial charge in [-0.25, -0.2) is 9.78 Å². The SMILES string of the molecule is COc1cc(OC)c(NC(=O)Nc2ccc3sc(NC(=O)C4CCCCC4)nc3c2)cc1Cl. The number of carbonyl (C=O) groups excluding carboxylic acids is 2. The first-order valence-electron chi connectivity index (χ1n) is 10.7. The number of fused-ring (bicyclic) bond motifs is 1. The fraction of sp³-hybridized carbons (Fsp3) is 0.348. The van der Waals surface area contributed by atoms with Gasteiger partial charge in [0.05, 0.1) is 35.1 Å². The summed E-state index contributed by atoms with van der Waals surface area (Å²) in [5.74, 6) is 0.966. The van der Waals surface area contributed by atoms with Gasteiger partial charge in [-0.3, -0.25) is 4.79 Å². The average molecular weight is 489 g/mol. The monoisotopic (exact) mass is 488 g/mol. The Balaban J connectivity index is 1.43. The Morgan fingerprint density at radius 2 is 1.76 bits per heavy atom. The quantitative estimate of drug-likeness (QED) is 0.387. The molecule has 1 aliphatic rings. The first-order valence-corrected chi connectivity index (χ1v) is 11.9. The third kappa shape index (κ3) is 5.48. The van der Waals surface area contributed by atoms with E-state index < -0.39 is 6.03 Å². The lowest BCUT2D eigenvalue weighted by atomic mass is 9.89. The molecule has 8 nitrogen and oxygen atoms in total. The van der Waals surface area contributed by atoms with Gasteiger partial charge in [0.15, 0.2) is 5.13 Å². The van der Waals surface area contributed by atoms with Crippen LogP contribution in [0.25, 0.3) is 10.2 Å². The number of ether oxygens (including phenoxy) is 2. The lowest BCUT2D eigenvalue weighted by molar-refractivity contribution is -0.120. The van der Waals surface area contributed by atoms with Gasteiger partial charge in [0.1, 0.15) is 11.5 Å². The smallest absolute Gasteiger partial charge is 0.323 e. The Kier molecular flexibility index (Phi) is 7.20. The minimum absolute atomic E-state index is 0.0404. The molecule has 0 atom stereocenters. The predicted molar refractivity (Wildman–Crippen MR) is 132 cm³/mol. The number of anilines is 3. The van der Waals surface area contributed by atoms with E-state index in [4.69, 9.17) is 21.1 Å². The Labute approximate surface area is 200 Å². The highest BCUT2D eigenvalue weighted by Crippen LogP contribution is 2.36. The van der Waals surface area contributed by atoms with Crippen LogP contribution in [0.15, 0.2) is 30.3 Å². The number of nitrogens with zero attached hydrogens (tertiary/aromatic N) is 1. The van der Waals surface area contributed by atoms with Crippen molar-refractivity contribution in [1.29, 1.82) is 0 Å². The van der Waals surface area contributed by atoms with Gasteiger partial charge in [0.25, 0.3) is 0 Å². The maximum atomic E-state index is 12.6. The molecule has 3 amide bonds. The van der Waals surface area contributed by atoms with Gasteiger partial charge in [0.2, 0.25) is 5.91 Å². The van der Waals surface area contributed by atoms with Crippen molar-refractivity contribution >= 4 is 61.6 Å². The molecule has 4 rings (SSSR count). The van der Waals surface area contributed by atoms with Crippen LogP contribution in [0.3, 0.4) is 0 Å². The van der Waals surface area contributed by atoms with Gasteiger partial charge in [-0.05, 0) is 37.1 Å². The van der Waals surface area contributed by atoms with Crippen LogP contribution >= 0.6 is 22.9 Å². The van der Waals surface area contributed by atoms with Crippen molar-refractivity contribution in [2.45, 2.75) is 32.1 Å². The maximum absolute atomic E-state index is 12.6. The average Bonchev–Trinajstić information content (AvgIpc) is 3.21. The zero-order valence-corrected chi connectivity index (χ0v) is 19.9. The van der Waals surface area contributed by atoms with Crippen LogP contribution in [0.5, 0.6) is 11.5 Å². The van der Waals surface area contributed by atoms with Crippen LogP contribution in [0, 0.1) is 5.92 Å². The van der Waals surface area contributed by atoms with Crippen molar-refractivity contribution in [3.63, 3.8) is 0 Å². The molecule has 0 bridgehead atoms. The third-order valence-electron chi connectivity index (χ3n) is 5.57. The van der Waals surface area contributed by atoms with Gasteiger partial charge >= 0.3 is 6.03 Å². The number of halogens is 1. The number of benzene rings is 2. The Hall–Kier alpha value is -3.04. The van der Waals surface area contributed by atoms with Crippen molar-refractivity contribution in [2.75, 3.05) is 30.2 Å². The number of nitrogens with one attached hydrogen (secondary N) is 3. The van der Waals surface area contributed by atoms with E-state index in [2.05, 4.69) is 20.9 Å². The number of hydrogen-bond donors (Lipinski definition) is 3. The first-order chi connectivity index (χ1) is 16.0. The van der Waals surface area contributed by atoms with E-state index in [1.165, 1.54) is 32.0 Å². The van der Waals surface area contributed by atoms with Crippen LogP contribution in [-0.2, 0) is 4.79 Å². The summed E-state index contributed by atoms with van der Waals surface area (Å²) in [6.45, 7) is 0. The molecule has 3 N–H and O–H groups in total. The summed E-state index contributed by atoms with van der Waals surface area (Å²) in [6, 6.07) is 8.11. The van der Waals surface area contributed by atoms with E-state index in [1.807, 2.05) is 6.07 Å². The topological polar surface area (TPSA) is 102 Å². The molecule has 1 aromatic heterocycles. The summed E-state index contributed by atoms with van der Waals surface area (Å²) in [4.78, 5) is 29.6. The summed E-state index contributed by atoms with van der Waals surface area (Å²) in [6.07, 6.45) is 5.27. The summed E-state index contributed by atoms with van der Waals surface area (Å²) in [5.41, 5.74) is 1.67. The van der Waals surface area contributed by atoms with Crippen molar-refractivity contribution in [2.24, 2.45) is 5.92 Å². The standard InChI is InChI=1S/C23H25ClN4O4S/c1-31-18-12-19(32-2)16(11-15(18)24)26-22(30)25-14-8-9-20-17(10-14)27-23(33-20)28-21(29)13-6-4-3-5-7-13/h8-13H,3-7H2,1-2H3,(H2,25,26,30)(H,27,28,29). The van der Waals surface area contributed by atoms with Crippen LogP contribution < -0.4 is 25.4 Å². The van der Waals surface area contributed by atoms with Crippen LogP contribution in [0.4, 0.5) is 21.3 Å². The highest BCUT2D eigenvalue weighted by Gasteiger charge is 2.22. The Bertz CT molecular complexity index is 1180. The van der Waals surface area contributed by atoms with Crippen molar-refractivity contribution in [3.8, 4) is 11.5 Å². The van der Waals surface area contributed by atoms with E-state index >= 15 is 0 Å². The number of urea groups is 1. The van der Waals surface area contributed by atoms with Crippen molar-refractivity contribution < 1.29 is 19.1 Å². The first kappa shape index (κ1) is 23.1. The fourth-order valence-electron chi connectivity index (χ4n) is 3.87. The molecule has 0 spiro atoms. The molecule has 1 heterocycles. The Morgan fingerprint density at radius 1 is 1.00 bits per heavy atom. The number of amides is 3. The molecule has 3 aromatic rings. The molecule has 33 heavy (non-hydrogen) atoms. The number of aromatic nitrogens is 1. The van der Waals surface area contributed by atoms with Crippen molar-refractivity contribution in [1.82, 2.24) is 4.98 Å². The number of hydrogen-bond acceptors (Lipinski definition) is 6. The molecule has 174 valence electrons.